The molecule has 0 spiro atoms. The van der Waals surface area contributed by atoms with E-state index < -0.39 is 0 Å². The van der Waals surface area contributed by atoms with Gasteiger partial charge in [0.2, 0.25) is 0 Å². The Kier molecular flexibility index (Phi) is 3.06. The first-order chi connectivity index (χ1) is 7.24. The van der Waals surface area contributed by atoms with Crippen molar-refractivity contribution >= 4 is 5.97 Å². The maximum Gasteiger partial charge on any atom is 0.329 e. The number of carbonyl (C=O) groups excluding carboxylic acids is 1. The Hall–Kier alpha value is -1.29. The number of nitrogens with zero attached hydrogens (tertiary/aromatic N) is 2. The van der Waals surface area contributed by atoms with E-state index in [1.165, 1.54) is 43.1 Å². The van der Waals surface area contributed by atoms with E-state index in [-0.39, 0.29) is 5.97 Å². The van der Waals surface area contributed by atoms with Crippen LogP contribution in [-0.2, 0) is 11.3 Å². The maximum absolute atomic E-state index is 10.7. The van der Waals surface area contributed by atoms with Crippen LogP contribution in [0.2, 0.25) is 0 Å². The summed E-state index contributed by atoms with van der Waals surface area (Å²) in [5.74, 6) is -0.293. The molecule has 0 bridgehead atoms. The molecule has 1 aliphatic heterocycles. The van der Waals surface area contributed by atoms with Crippen molar-refractivity contribution in [1.82, 2.24) is 9.63 Å². The van der Waals surface area contributed by atoms with Crippen LogP contribution in [0.25, 0.3) is 0 Å². The van der Waals surface area contributed by atoms with Crippen molar-refractivity contribution in [3.8, 4) is 0 Å². The highest BCUT2D eigenvalue weighted by molar-refractivity contribution is 5.66. The van der Waals surface area contributed by atoms with Crippen molar-refractivity contribution in [2.75, 3.05) is 13.1 Å². The lowest BCUT2D eigenvalue weighted by Crippen LogP contribution is -2.18. The first kappa shape index (κ1) is 10.2. The van der Waals surface area contributed by atoms with Crippen molar-refractivity contribution in [2.24, 2.45) is 0 Å². The second-order valence-corrected chi connectivity index (χ2v) is 3.95. The van der Waals surface area contributed by atoms with Crippen molar-refractivity contribution in [1.29, 1.82) is 0 Å². The topological polar surface area (TPSA) is 34.5 Å². The molecule has 0 aromatic carbocycles. The van der Waals surface area contributed by atoms with Gasteiger partial charge in [-0.2, -0.15) is 4.73 Å². The molecule has 0 N–H and O–H groups in total. The fraction of sp³-hybridized carbons (Fsp3) is 0.545. The first-order valence-corrected chi connectivity index (χ1v) is 5.32. The minimum atomic E-state index is -0.293. The third-order valence-electron chi connectivity index (χ3n) is 2.57. The van der Waals surface area contributed by atoms with Crippen LogP contribution in [0, 0.1) is 0 Å². The van der Waals surface area contributed by atoms with Crippen LogP contribution < -0.4 is 4.84 Å². The van der Waals surface area contributed by atoms with Crippen LogP contribution in [0.1, 0.15) is 25.3 Å². The van der Waals surface area contributed by atoms with E-state index in [9.17, 15) is 4.79 Å². The van der Waals surface area contributed by atoms with Crippen LogP contribution >= 0.6 is 0 Å². The zero-order valence-electron chi connectivity index (χ0n) is 8.98. The summed E-state index contributed by atoms with van der Waals surface area (Å²) in [6, 6.07) is 1.99. The average Bonchev–Trinajstić information content (AvgIpc) is 2.77. The summed E-state index contributed by atoms with van der Waals surface area (Å²) >= 11 is 0. The third kappa shape index (κ3) is 2.83. The number of hydrogen-bond donors (Lipinski definition) is 0. The average molecular weight is 208 g/mol. The fourth-order valence-corrected chi connectivity index (χ4v) is 1.92. The molecular weight excluding hydrogens is 192 g/mol. The fourth-order valence-electron chi connectivity index (χ4n) is 1.92. The second kappa shape index (κ2) is 4.49. The summed E-state index contributed by atoms with van der Waals surface area (Å²) in [5, 5.41) is 0. The highest BCUT2D eigenvalue weighted by Crippen LogP contribution is 2.12. The SMILES string of the molecule is CC(=O)On1ccc(CN2CCCC2)c1. The van der Waals surface area contributed by atoms with Gasteiger partial charge in [0, 0.05) is 25.9 Å². The Morgan fingerprint density at radius 2 is 2.20 bits per heavy atom. The molecule has 0 saturated carbocycles. The molecule has 15 heavy (non-hydrogen) atoms. The van der Waals surface area contributed by atoms with E-state index in [4.69, 9.17) is 4.84 Å². The molecule has 4 nitrogen and oxygen atoms in total. The first-order valence-electron chi connectivity index (χ1n) is 5.32. The summed E-state index contributed by atoms with van der Waals surface area (Å²) in [7, 11) is 0. The molecule has 1 aliphatic rings. The van der Waals surface area contributed by atoms with Crippen LogP contribution in [0.3, 0.4) is 0 Å². The van der Waals surface area contributed by atoms with E-state index in [1.54, 1.807) is 6.20 Å². The van der Waals surface area contributed by atoms with Crippen molar-refractivity contribution in [3.63, 3.8) is 0 Å². The van der Waals surface area contributed by atoms with Gasteiger partial charge in [-0.3, -0.25) is 4.90 Å². The van der Waals surface area contributed by atoms with Crippen molar-refractivity contribution in [2.45, 2.75) is 26.3 Å². The molecule has 1 aromatic heterocycles. The van der Waals surface area contributed by atoms with Gasteiger partial charge in [0.25, 0.3) is 0 Å². The Labute approximate surface area is 89.4 Å². The van der Waals surface area contributed by atoms with E-state index in [2.05, 4.69) is 4.90 Å². The van der Waals surface area contributed by atoms with Gasteiger partial charge >= 0.3 is 5.97 Å². The van der Waals surface area contributed by atoms with Crippen molar-refractivity contribution < 1.29 is 9.63 Å². The van der Waals surface area contributed by atoms with Gasteiger partial charge in [-0.05, 0) is 37.6 Å². The van der Waals surface area contributed by atoms with Crippen LogP contribution in [0.4, 0.5) is 0 Å². The lowest BCUT2D eigenvalue weighted by atomic mass is 10.3. The number of rotatable bonds is 3. The molecular formula is C11H16N2O2. The van der Waals surface area contributed by atoms with Gasteiger partial charge in [0.05, 0.1) is 0 Å². The van der Waals surface area contributed by atoms with Gasteiger partial charge in [-0.25, -0.2) is 4.79 Å². The Morgan fingerprint density at radius 3 is 2.87 bits per heavy atom. The predicted molar refractivity (Wildman–Crippen MR) is 56.2 cm³/mol. The molecule has 4 heteroatoms. The number of carbonyl (C=O) groups is 1. The quantitative estimate of drug-likeness (QED) is 0.745. The summed E-state index contributed by atoms with van der Waals surface area (Å²) in [5.41, 5.74) is 1.19. The van der Waals surface area contributed by atoms with E-state index >= 15 is 0 Å². The maximum atomic E-state index is 10.7. The number of aromatic nitrogens is 1. The Balaban J connectivity index is 1.91. The van der Waals surface area contributed by atoms with Gasteiger partial charge in [0.1, 0.15) is 0 Å². The van der Waals surface area contributed by atoms with Gasteiger partial charge in [-0.1, -0.05) is 0 Å². The second-order valence-electron chi connectivity index (χ2n) is 3.95. The number of likely N-dealkylation sites (tertiary alicyclic amines) is 1. The molecule has 0 amide bonds. The Morgan fingerprint density at radius 1 is 1.47 bits per heavy atom. The normalized spacial score (nSPS) is 16.9. The van der Waals surface area contributed by atoms with E-state index in [1.807, 2.05) is 12.3 Å². The van der Waals surface area contributed by atoms with Crippen LogP contribution in [-0.4, -0.2) is 28.7 Å². The molecule has 1 aromatic rings. The van der Waals surface area contributed by atoms with E-state index in [0.29, 0.717) is 0 Å². The summed E-state index contributed by atoms with van der Waals surface area (Å²) in [4.78, 5) is 18.0. The molecule has 82 valence electrons. The largest absolute Gasteiger partial charge is 0.337 e. The molecule has 2 rings (SSSR count). The predicted octanol–water partition coefficient (Wildman–Crippen LogP) is 1.06. The molecule has 0 aliphatic carbocycles. The minimum Gasteiger partial charge on any atom is -0.337 e. The van der Waals surface area contributed by atoms with Crippen LogP contribution in [0.15, 0.2) is 18.5 Å². The lowest BCUT2D eigenvalue weighted by Gasteiger charge is -2.12. The molecule has 0 unspecified atom stereocenters. The monoisotopic (exact) mass is 208 g/mol. The van der Waals surface area contributed by atoms with E-state index in [0.717, 1.165) is 6.54 Å². The molecule has 1 fully saturated rings. The van der Waals surface area contributed by atoms with Crippen molar-refractivity contribution in [3.05, 3.63) is 24.0 Å². The van der Waals surface area contributed by atoms with Crippen LogP contribution in [0.5, 0.6) is 0 Å². The molecule has 0 atom stereocenters. The smallest absolute Gasteiger partial charge is 0.329 e. The molecule has 1 saturated heterocycles. The highest BCUT2D eigenvalue weighted by Gasteiger charge is 2.12. The summed E-state index contributed by atoms with van der Waals surface area (Å²) in [6.45, 7) is 4.71. The molecule has 0 radical (unpaired) electrons. The number of hydrogen-bond acceptors (Lipinski definition) is 3. The summed E-state index contributed by atoms with van der Waals surface area (Å²) in [6.07, 6.45) is 6.22. The Bertz CT molecular complexity index is 340. The summed E-state index contributed by atoms with van der Waals surface area (Å²) < 4.78 is 1.47. The minimum absolute atomic E-state index is 0.293. The molecule has 2 heterocycles. The highest BCUT2D eigenvalue weighted by atomic mass is 16.7. The standard InChI is InChI=1S/C11H16N2O2/c1-10(14)15-13-7-4-11(9-13)8-12-5-2-3-6-12/h4,7,9H,2-3,5-6,8H2,1H3. The third-order valence-corrected chi connectivity index (χ3v) is 2.57. The zero-order chi connectivity index (χ0) is 10.7. The zero-order valence-corrected chi connectivity index (χ0v) is 8.98. The van der Waals surface area contributed by atoms with Gasteiger partial charge in [0.15, 0.2) is 0 Å². The van der Waals surface area contributed by atoms with Gasteiger partial charge in [-0.15, -0.1) is 0 Å². The lowest BCUT2D eigenvalue weighted by molar-refractivity contribution is -0.141. The van der Waals surface area contributed by atoms with Gasteiger partial charge < -0.3 is 4.84 Å².